The Hall–Kier alpha value is -1.30. The lowest BCUT2D eigenvalue weighted by atomic mass is 9.97. The van der Waals surface area contributed by atoms with Gasteiger partial charge in [-0.05, 0) is 39.5 Å². The van der Waals surface area contributed by atoms with E-state index in [0.29, 0.717) is 13.0 Å². The van der Waals surface area contributed by atoms with Crippen LogP contribution in [0, 0.1) is 5.92 Å². The number of carbonyl (C=O) groups is 2. The predicted octanol–water partition coefficient (Wildman–Crippen LogP) is 2.59. The summed E-state index contributed by atoms with van der Waals surface area (Å²) in [6, 6.07) is -0.512. The molecule has 0 rings (SSSR count). The molecule has 23 heavy (non-hydrogen) atoms. The molecular formula is C17H34N2O4. The van der Waals surface area contributed by atoms with Gasteiger partial charge in [0.25, 0.3) is 0 Å². The zero-order valence-corrected chi connectivity index (χ0v) is 15.4. The Morgan fingerprint density at radius 1 is 1.22 bits per heavy atom. The molecule has 2 atom stereocenters. The molecule has 0 spiro atoms. The molecular weight excluding hydrogens is 296 g/mol. The molecule has 0 aliphatic heterocycles. The molecule has 0 bridgehead atoms. The quantitative estimate of drug-likeness (QED) is 0.567. The van der Waals surface area contributed by atoms with Crippen molar-refractivity contribution in [1.29, 1.82) is 0 Å². The van der Waals surface area contributed by atoms with Crippen LogP contribution < -0.4 is 10.6 Å². The molecule has 3 N–H and O–H groups in total. The topological polar surface area (TPSA) is 87.7 Å². The van der Waals surface area contributed by atoms with Crippen molar-refractivity contribution in [1.82, 2.24) is 10.6 Å². The number of aliphatic hydroxyl groups is 1. The molecule has 0 saturated carbocycles. The minimum absolute atomic E-state index is 0.0309. The lowest BCUT2D eigenvalue weighted by Crippen LogP contribution is -2.47. The van der Waals surface area contributed by atoms with E-state index in [4.69, 9.17) is 4.74 Å². The van der Waals surface area contributed by atoms with Crippen molar-refractivity contribution in [2.45, 2.75) is 85.0 Å². The smallest absolute Gasteiger partial charge is 0.407 e. The van der Waals surface area contributed by atoms with Crippen molar-refractivity contribution in [2.24, 2.45) is 5.92 Å². The van der Waals surface area contributed by atoms with Crippen LogP contribution in [-0.4, -0.2) is 41.4 Å². The van der Waals surface area contributed by atoms with E-state index in [0.717, 1.165) is 12.8 Å². The Kier molecular flexibility index (Phi) is 9.88. The third-order valence-electron chi connectivity index (χ3n) is 3.14. The van der Waals surface area contributed by atoms with E-state index >= 15 is 0 Å². The van der Waals surface area contributed by atoms with Crippen molar-refractivity contribution < 1.29 is 19.4 Å². The van der Waals surface area contributed by atoms with E-state index in [1.54, 1.807) is 20.8 Å². The van der Waals surface area contributed by atoms with Crippen LogP contribution in [0.1, 0.15) is 67.2 Å². The van der Waals surface area contributed by atoms with Crippen LogP contribution in [0.5, 0.6) is 0 Å². The van der Waals surface area contributed by atoms with E-state index in [9.17, 15) is 14.7 Å². The molecule has 0 saturated heterocycles. The summed E-state index contributed by atoms with van der Waals surface area (Å²) in [5, 5.41) is 15.8. The van der Waals surface area contributed by atoms with Gasteiger partial charge in [-0.25, -0.2) is 4.79 Å². The van der Waals surface area contributed by atoms with E-state index < -0.39 is 23.8 Å². The number of amides is 2. The Morgan fingerprint density at radius 3 is 2.30 bits per heavy atom. The number of hydrogen-bond donors (Lipinski definition) is 3. The van der Waals surface area contributed by atoms with Gasteiger partial charge >= 0.3 is 6.09 Å². The third-order valence-corrected chi connectivity index (χ3v) is 3.14. The van der Waals surface area contributed by atoms with Crippen LogP contribution in [0.25, 0.3) is 0 Å². The summed E-state index contributed by atoms with van der Waals surface area (Å²) in [5.41, 5.74) is -0.602. The lowest BCUT2D eigenvalue weighted by Gasteiger charge is -2.27. The maximum absolute atomic E-state index is 11.9. The van der Waals surface area contributed by atoms with Crippen molar-refractivity contribution in [3.05, 3.63) is 0 Å². The summed E-state index contributed by atoms with van der Waals surface area (Å²) in [6.45, 7) is 12.0. The number of aliphatic hydroxyl groups excluding tert-OH is 1. The second-order valence-electron chi connectivity index (χ2n) is 7.36. The molecule has 0 aromatic heterocycles. The Bertz CT molecular complexity index is 364. The summed E-state index contributed by atoms with van der Waals surface area (Å²) in [4.78, 5) is 23.7. The largest absolute Gasteiger partial charge is 0.444 e. The summed E-state index contributed by atoms with van der Waals surface area (Å²) in [7, 11) is 0. The first-order valence-corrected chi connectivity index (χ1v) is 8.49. The normalized spacial score (nSPS) is 14.3. The minimum atomic E-state index is -0.938. The second kappa shape index (κ2) is 10.5. The van der Waals surface area contributed by atoms with Crippen molar-refractivity contribution in [3.63, 3.8) is 0 Å². The molecule has 0 aromatic carbocycles. The number of nitrogens with one attached hydrogen (secondary N) is 2. The predicted molar refractivity (Wildman–Crippen MR) is 91.2 cm³/mol. The van der Waals surface area contributed by atoms with Gasteiger partial charge < -0.3 is 20.5 Å². The fourth-order valence-electron chi connectivity index (χ4n) is 2.09. The molecule has 0 unspecified atom stereocenters. The maximum Gasteiger partial charge on any atom is 0.407 e. The molecule has 0 heterocycles. The van der Waals surface area contributed by atoms with E-state index in [-0.39, 0.29) is 18.2 Å². The molecule has 6 nitrogen and oxygen atoms in total. The van der Waals surface area contributed by atoms with Crippen molar-refractivity contribution in [2.75, 3.05) is 6.54 Å². The van der Waals surface area contributed by atoms with Crippen LogP contribution in [0.3, 0.4) is 0 Å². The summed E-state index contributed by atoms with van der Waals surface area (Å²) in [6.07, 6.45) is 0.937. The number of alkyl carbamates (subject to hydrolysis) is 1. The fraction of sp³-hybridized carbons (Fsp3) is 0.882. The molecule has 0 aliphatic rings. The highest BCUT2D eigenvalue weighted by molar-refractivity contribution is 5.76. The Balaban J connectivity index is 4.56. The summed E-state index contributed by atoms with van der Waals surface area (Å²) in [5.74, 6) is 0.0680. The average molecular weight is 330 g/mol. The van der Waals surface area contributed by atoms with Gasteiger partial charge in [-0.3, -0.25) is 4.79 Å². The number of hydrogen-bond acceptors (Lipinski definition) is 4. The van der Waals surface area contributed by atoms with Gasteiger partial charge in [0, 0.05) is 6.54 Å². The van der Waals surface area contributed by atoms with E-state index in [1.807, 2.05) is 20.8 Å². The first kappa shape index (κ1) is 21.7. The Morgan fingerprint density at radius 2 is 1.83 bits per heavy atom. The average Bonchev–Trinajstić information content (AvgIpc) is 2.35. The van der Waals surface area contributed by atoms with Crippen LogP contribution in [0.2, 0.25) is 0 Å². The molecule has 0 fully saturated rings. The van der Waals surface area contributed by atoms with Gasteiger partial charge in [-0.1, -0.05) is 27.2 Å². The minimum Gasteiger partial charge on any atom is -0.444 e. The van der Waals surface area contributed by atoms with Crippen LogP contribution >= 0.6 is 0 Å². The van der Waals surface area contributed by atoms with Gasteiger partial charge in [0.1, 0.15) is 5.60 Å². The van der Waals surface area contributed by atoms with Crippen LogP contribution in [-0.2, 0) is 9.53 Å². The molecule has 0 aromatic rings. The highest BCUT2D eigenvalue weighted by Gasteiger charge is 2.26. The molecule has 0 aliphatic carbocycles. The van der Waals surface area contributed by atoms with Gasteiger partial charge in [0.2, 0.25) is 5.91 Å². The SMILES string of the molecule is CCCCNC(=O)C[C@H](O)[C@H](CC(C)C)NC(=O)OC(C)(C)C. The first-order valence-electron chi connectivity index (χ1n) is 8.49. The van der Waals surface area contributed by atoms with Crippen molar-refractivity contribution >= 4 is 12.0 Å². The zero-order valence-electron chi connectivity index (χ0n) is 15.4. The zero-order chi connectivity index (χ0) is 18.0. The van der Waals surface area contributed by atoms with E-state index in [1.165, 1.54) is 0 Å². The monoisotopic (exact) mass is 330 g/mol. The fourth-order valence-corrected chi connectivity index (χ4v) is 2.09. The summed E-state index contributed by atoms with van der Waals surface area (Å²) >= 11 is 0. The molecule has 0 radical (unpaired) electrons. The maximum atomic E-state index is 11.9. The molecule has 2 amide bonds. The van der Waals surface area contributed by atoms with E-state index in [2.05, 4.69) is 10.6 Å². The van der Waals surface area contributed by atoms with Crippen LogP contribution in [0.4, 0.5) is 4.79 Å². The highest BCUT2D eigenvalue weighted by Crippen LogP contribution is 2.13. The molecule has 6 heteroatoms. The lowest BCUT2D eigenvalue weighted by molar-refractivity contribution is -0.123. The second-order valence-corrected chi connectivity index (χ2v) is 7.36. The summed E-state index contributed by atoms with van der Waals surface area (Å²) < 4.78 is 5.22. The standard InChI is InChI=1S/C17H34N2O4/c1-7-8-9-18-15(21)11-14(20)13(10-12(2)3)19-16(22)23-17(4,5)6/h12-14,20H,7-11H2,1-6H3,(H,18,21)(H,19,22)/t13-,14-/m0/s1. The van der Waals surface area contributed by atoms with Crippen molar-refractivity contribution in [3.8, 4) is 0 Å². The van der Waals surface area contributed by atoms with Gasteiger partial charge in [0.05, 0.1) is 18.6 Å². The number of unbranched alkanes of at least 4 members (excludes halogenated alkanes) is 1. The van der Waals surface area contributed by atoms with Gasteiger partial charge in [-0.2, -0.15) is 0 Å². The first-order chi connectivity index (χ1) is 10.5. The van der Waals surface area contributed by atoms with Gasteiger partial charge in [-0.15, -0.1) is 0 Å². The molecule has 136 valence electrons. The van der Waals surface area contributed by atoms with Crippen LogP contribution in [0.15, 0.2) is 0 Å². The third kappa shape index (κ3) is 11.9. The Labute approximate surface area is 140 Å². The van der Waals surface area contributed by atoms with Gasteiger partial charge in [0.15, 0.2) is 0 Å². The highest BCUT2D eigenvalue weighted by atomic mass is 16.6. The number of carbonyl (C=O) groups excluding carboxylic acids is 2. The number of rotatable bonds is 9. The number of ether oxygens (including phenoxy) is 1.